The predicted molar refractivity (Wildman–Crippen MR) is 96.2 cm³/mol. The van der Waals surface area contributed by atoms with E-state index < -0.39 is 17.7 Å². The first-order valence-electron chi connectivity index (χ1n) is 7.62. The molecule has 0 fully saturated rings. The molecule has 3 aromatic rings. The van der Waals surface area contributed by atoms with Gasteiger partial charge in [-0.3, -0.25) is 4.99 Å². The zero-order valence-electron chi connectivity index (χ0n) is 13.3. The van der Waals surface area contributed by atoms with Crippen molar-refractivity contribution in [1.82, 2.24) is 14.8 Å². The number of nitrogens with two attached hydrogens (primary N) is 1. The van der Waals surface area contributed by atoms with E-state index in [2.05, 4.69) is 15.1 Å². The van der Waals surface area contributed by atoms with Crippen molar-refractivity contribution in [2.75, 3.05) is 5.73 Å². The average Bonchev–Trinajstić information content (AvgIpc) is 2.93. The third kappa shape index (κ3) is 2.47. The van der Waals surface area contributed by atoms with Gasteiger partial charge in [-0.25, -0.2) is 13.5 Å². The van der Waals surface area contributed by atoms with Gasteiger partial charge in [0.15, 0.2) is 5.82 Å². The molecule has 1 aromatic heterocycles. The normalized spacial score (nSPS) is 15.9. The fourth-order valence-electron chi connectivity index (χ4n) is 2.96. The molecule has 1 aliphatic rings. The number of hydrogen-bond donors (Lipinski definition) is 1. The van der Waals surface area contributed by atoms with Gasteiger partial charge in [-0.15, -0.1) is 5.10 Å². The van der Waals surface area contributed by atoms with Gasteiger partial charge in [-0.05, 0) is 31.2 Å². The Morgan fingerprint density at radius 2 is 1.77 bits per heavy atom. The SMILES string of the molecule is CC1N=C(c2c(F)cccc2F)c2c(ccc(Cl)c2Cl)-n2nc(N)nc21. The number of benzene rings is 2. The summed E-state index contributed by atoms with van der Waals surface area (Å²) in [5.74, 6) is -1.04. The van der Waals surface area contributed by atoms with Gasteiger partial charge in [0, 0.05) is 5.56 Å². The van der Waals surface area contributed by atoms with Gasteiger partial charge < -0.3 is 5.73 Å². The summed E-state index contributed by atoms with van der Waals surface area (Å²) in [5.41, 5.74) is 6.17. The number of halogens is 4. The van der Waals surface area contributed by atoms with Crippen LogP contribution in [0, 0.1) is 11.6 Å². The lowest BCUT2D eigenvalue weighted by atomic mass is 9.99. The molecule has 0 amide bonds. The summed E-state index contributed by atoms with van der Waals surface area (Å²) in [4.78, 5) is 8.66. The van der Waals surface area contributed by atoms with Crippen LogP contribution in [0.1, 0.15) is 29.9 Å². The maximum absolute atomic E-state index is 14.5. The number of aliphatic imine (C=N–C) groups is 1. The largest absolute Gasteiger partial charge is 0.366 e. The maximum atomic E-state index is 14.5. The molecule has 26 heavy (non-hydrogen) atoms. The van der Waals surface area contributed by atoms with Crippen molar-refractivity contribution in [2.24, 2.45) is 4.99 Å². The molecule has 2 aromatic carbocycles. The monoisotopic (exact) mass is 393 g/mol. The fraction of sp³-hybridized carbons (Fsp3) is 0.118. The molecule has 132 valence electrons. The molecule has 0 saturated heterocycles. The van der Waals surface area contributed by atoms with Gasteiger partial charge in [-0.2, -0.15) is 4.98 Å². The number of hydrogen-bond acceptors (Lipinski definition) is 4. The van der Waals surface area contributed by atoms with Crippen LogP contribution in [-0.2, 0) is 0 Å². The van der Waals surface area contributed by atoms with E-state index in [4.69, 9.17) is 28.9 Å². The van der Waals surface area contributed by atoms with Crippen molar-refractivity contribution >= 4 is 34.9 Å². The lowest BCUT2D eigenvalue weighted by molar-refractivity contribution is 0.578. The molecule has 0 bridgehead atoms. The van der Waals surface area contributed by atoms with Crippen LogP contribution >= 0.6 is 23.2 Å². The molecular formula is C17H11Cl2F2N5. The Balaban J connectivity index is 2.13. The van der Waals surface area contributed by atoms with Gasteiger partial charge in [0.25, 0.3) is 0 Å². The van der Waals surface area contributed by atoms with Crippen LogP contribution in [0.5, 0.6) is 0 Å². The first kappa shape index (κ1) is 16.9. The molecule has 0 saturated carbocycles. The Hall–Kier alpha value is -2.51. The number of rotatable bonds is 1. The second-order valence-electron chi connectivity index (χ2n) is 5.75. The van der Waals surface area contributed by atoms with E-state index >= 15 is 0 Å². The summed E-state index contributed by atoms with van der Waals surface area (Å²) in [7, 11) is 0. The Morgan fingerprint density at radius 1 is 1.08 bits per heavy atom. The molecular weight excluding hydrogens is 383 g/mol. The average molecular weight is 394 g/mol. The van der Waals surface area contributed by atoms with Gasteiger partial charge in [-0.1, -0.05) is 29.3 Å². The molecule has 1 aliphatic heterocycles. The number of fused-ring (bicyclic) bond motifs is 3. The van der Waals surface area contributed by atoms with Crippen molar-refractivity contribution in [2.45, 2.75) is 13.0 Å². The van der Waals surface area contributed by atoms with Crippen LogP contribution in [0.3, 0.4) is 0 Å². The first-order chi connectivity index (χ1) is 12.4. The molecule has 0 aliphatic carbocycles. The van der Waals surface area contributed by atoms with Crippen molar-refractivity contribution in [3.8, 4) is 5.69 Å². The number of anilines is 1. The summed E-state index contributed by atoms with van der Waals surface area (Å²) >= 11 is 12.6. The minimum Gasteiger partial charge on any atom is -0.366 e. The van der Waals surface area contributed by atoms with E-state index in [-0.39, 0.29) is 32.8 Å². The summed E-state index contributed by atoms with van der Waals surface area (Å²) in [6.45, 7) is 1.72. The highest BCUT2D eigenvalue weighted by Crippen LogP contribution is 2.37. The predicted octanol–water partition coefficient (Wildman–Crippen LogP) is 4.35. The highest BCUT2D eigenvalue weighted by atomic mass is 35.5. The number of nitrogens with zero attached hydrogens (tertiary/aromatic N) is 4. The lowest BCUT2D eigenvalue weighted by Crippen LogP contribution is -2.13. The van der Waals surface area contributed by atoms with Crippen LogP contribution in [-0.4, -0.2) is 20.5 Å². The summed E-state index contributed by atoms with van der Waals surface area (Å²) in [6, 6.07) is 6.22. The molecule has 2 heterocycles. The standard InChI is InChI=1S/C17H11Cl2F2N5/c1-7-16-24-17(22)25-26(16)11-6-5-8(18)14(19)13(11)15(23-7)12-9(20)3-2-4-10(12)21/h2-7H,1H3,(H2,22,25). The third-order valence-electron chi connectivity index (χ3n) is 4.08. The molecule has 0 radical (unpaired) electrons. The summed E-state index contributed by atoms with van der Waals surface area (Å²) < 4.78 is 30.4. The second kappa shape index (κ2) is 6.03. The van der Waals surface area contributed by atoms with Crippen LogP contribution in [0.4, 0.5) is 14.7 Å². The Kier molecular flexibility index (Phi) is 3.93. The van der Waals surface area contributed by atoms with Crippen LogP contribution in [0.2, 0.25) is 10.0 Å². The molecule has 2 N–H and O–H groups in total. The van der Waals surface area contributed by atoms with E-state index in [9.17, 15) is 8.78 Å². The minimum absolute atomic E-state index is 0.0430. The van der Waals surface area contributed by atoms with Gasteiger partial charge >= 0.3 is 0 Å². The van der Waals surface area contributed by atoms with Gasteiger partial charge in [0.05, 0.1) is 27.0 Å². The van der Waals surface area contributed by atoms with Crippen molar-refractivity contribution in [1.29, 1.82) is 0 Å². The van der Waals surface area contributed by atoms with Gasteiger partial charge in [0.1, 0.15) is 17.7 Å². The summed E-state index contributed by atoms with van der Waals surface area (Å²) in [5, 5.41) is 4.50. The Labute approximate surface area is 157 Å². The van der Waals surface area contributed by atoms with E-state index in [1.165, 1.54) is 10.7 Å². The lowest BCUT2D eigenvalue weighted by Gasteiger charge is -2.14. The van der Waals surface area contributed by atoms with E-state index in [1.54, 1.807) is 19.1 Å². The van der Waals surface area contributed by atoms with Crippen LogP contribution in [0.15, 0.2) is 35.3 Å². The second-order valence-corrected chi connectivity index (χ2v) is 6.53. The first-order valence-corrected chi connectivity index (χ1v) is 8.37. The molecule has 4 rings (SSSR count). The molecule has 5 nitrogen and oxygen atoms in total. The molecule has 9 heteroatoms. The highest BCUT2D eigenvalue weighted by Gasteiger charge is 2.30. The van der Waals surface area contributed by atoms with Crippen molar-refractivity contribution in [3.05, 3.63) is 69.0 Å². The molecule has 1 unspecified atom stereocenters. The van der Waals surface area contributed by atoms with Crippen molar-refractivity contribution < 1.29 is 8.78 Å². The Bertz CT molecular complexity index is 1060. The highest BCUT2D eigenvalue weighted by molar-refractivity contribution is 6.45. The van der Waals surface area contributed by atoms with E-state index in [0.29, 0.717) is 11.5 Å². The van der Waals surface area contributed by atoms with E-state index in [1.807, 2.05) is 0 Å². The topological polar surface area (TPSA) is 69.1 Å². The zero-order chi connectivity index (χ0) is 18.6. The number of aromatic nitrogens is 3. The van der Waals surface area contributed by atoms with E-state index in [0.717, 1.165) is 12.1 Å². The van der Waals surface area contributed by atoms with Gasteiger partial charge in [0.2, 0.25) is 5.95 Å². The third-order valence-corrected chi connectivity index (χ3v) is 4.89. The molecule has 1 atom stereocenters. The quantitative estimate of drug-likeness (QED) is 0.668. The fourth-order valence-corrected chi connectivity index (χ4v) is 3.37. The zero-order valence-corrected chi connectivity index (χ0v) is 14.9. The smallest absolute Gasteiger partial charge is 0.240 e. The molecule has 0 spiro atoms. The Morgan fingerprint density at radius 3 is 2.46 bits per heavy atom. The maximum Gasteiger partial charge on any atom is 0.240 e. The summed E-state index contributed by atoms with van der Waals surface area (Å²) in [6.07, 6.45) is 0. The van der Waals surface area contributed by atoms with Crippen LogP contribution < -0.4 is 5.73 Å². The van der Waals surface area contributed by atoms with Crippen molar-refractivity contribution in [3.63, 3.8) is 0 Å². The van der Waals surface area contributed by atoms with Crippen LogP contribution in [0.25, 0.3) is 5.69 Å². The number of nitrogen functional groups attached to an aromatic ring is 1. The minimum atomic E-state index is -0.759.